The van der Waals surface area contributed by atoms with Gasteiger partial charge in [0.15, 0.2) is 0 Å². The first-order valence-electron chi connectivity index (χ1n) is 6.64. The standard InChI is InChI=1S/C14H19N3O.2ClH/c1-10-2-5-16-12(8-10)17-13(18)11-9-14(11)3-6-15-7-4-14;;/h2,5,8,11,15H,3-4,6-7,9H2,1H3,(H,16,17,18);2*1H. The summed E-state index contributed by atoms with van der Waals surface area (Å²) in [6.45, 7) is 4.10. The van der Waals surface area contributed by atoms with Gasteiger partial charge in [-0.3, -0.25) is 4.79 Å². The van der Waals surface area contributed by atoms with Crippen molar-refractivity contribution in [1.29, 1.82) is 0 Å². The Balaban J connectivity index is 0.000001000. The predicted molar refractivity (Wildman–Crippen MR) is 84.7 cm³/mol. The molecule has 1 saturated carbocycles. The minimum Gasteiger partial charge on any atom is -0.317 e. The molecule has 0 bridgehead atoms. The number of hydrogen-bond acceptors (Lipinski definition) is 3. The van der Waals surface area contributed by atoms with E-state index < -0.39 is 0 Å². The monoisotopic (exact) mass is 317 g/mol. The summed E-state index contributed by atoms with van der Waals surface area (Å²) in [6.07, 6.45) is 5.04. The maximum atomic E-state index is 12.2. The van der Waals surface area contributed by atoms with Gasteiger partial charge in [0.2, 0.25) is 5.91 Å². The first-order chi connectivity index (χ1) is 8.70. The molecule has 1 unspecified atom stereocenters. The average molecular weight is 318 g/mol. The number of nitrogens with zero attached hydrogens (tertiary/aromatic N) is 1. The van der Waals surface area contributed by atoms with E-state index in [-0.39, 0.29) is 36.6 Å². The Hall–Kier alpha value is -0.840. The van der Waals surface area contributed by atoms with Crippen molar-refractivity contribution in [3.63, 3.8) is 0 Å². The summed E-state index contributed by atoms with van der Waals surface area (Å²) in [7, 11) is 0. The Kier molecular flexibility index (Phi) is 5.80. The molecule has 1 aromatic heterocycles. The fraction of sp³-hybridized carbons (Fsp3) is 0.571. The number of rotatable bonds is 2. The van der Waals surface area contributed by atoms with Crippen LogP contribution in [0, 0.1) is 18.3 Å². The summed E-state index contributed by atoms with van der Waals surface area (Å²) in [4.78, 5) is 16.4. The largest absolute Gasteiger partial charge is 0.317 e. The number of aryl methyl sites for hydroxylation is 1. The molecule has 3 rings (SSSR count). The van der Waals surface area contributed by atoms with Crippen LogP contribution in [0.1, 0.15) is 24.8 Å². The van der Waals surface area contributed by atoms with E-state index in [9.17, 15) is 4.79 Å². The van der Waals surface area contributed by atoms with Crippen molar-refractivity contribution in [2.24, 2.45) is 11.3 Å². The molecule has 2 fully saturated rings. The second-order valence-corrected chi connectivity index (χ2v) is 5.58. The van der Waals surface area contributed by atoms with E-state index in [0.717, 1.165) is 37.9 Å². The van der Waals surface area contributed by atoms with Crippen LogP contribution in [0.25, 0.3) is 0 Å². The molecule has 1 aliphatic carbocycles. The number of hydrogen-bond donors (Lipinski definition) is 2. The Morgan fingerprint density at radius 3 is 2.75 bits per heavy atom. The molecule has 1 atom stereocenters. The minimum absolute atomic E-state index is 0. The number of nitrogens with one attached hydrogen (secondary N) is 2. The van der Waals surface area contributed by atoms with Gasteiger partial charge in [-0.2, -0.15) is 0 Å². The molecule has 112 valence electrons. The Morgan fingerprint density at radius 1 is 1.40 bits per heavy atom. The van der Waals surface area contributed by atoms with E-state index in [4.69, 9.17) is 0 Å². The lowest BCUT2D eigenvalue weighted by Gasteiger charge is -2.23. The third-order valence-corrected chi connectivity index (χ3v) is 4.27. The molecule has 2 N–H and O–H groups in total. The molecule has 20 heavy (non-hydrogen) atoms. The van der Waals surface area contributed by atoms with Gasteiger partial charge in [0.1, 0.15) is 5.82 Å². The summed E-state index contributed by atoms with van der Waals surface area (Å²) >= 11 is 0. The van der Waals surface area contributed by atoms with Gasteiger partial charge in [0, 0.05) is 12.1 Å². The van der Waals surface area contributed by atoms with E-state index in [1.54, 1.807) is 6.20 Å². The Bertz CT molecular complexity index is 475. The quantitative estimate of drug-likeness (QED) is 0.881. The van der Waals surface area contributed by atoms with Crippen molar-refractivity contribution in [2.75, 3.05) is 18.4 Å². The highest BCUT2D eigenvalue weighted by molar-refractivity contribution is 5.94. The molecule has 1 saturated heterocycles. The van der Waals surface area contributed by atoms with Crippen LogP contribution in [0.5, 0.6) is 0 Å². The fourth-order valence-electron chi connectivity index (χ4n) is 3.01. The average Bonchev–Trinajstić information content (AvgIpc) is 3.04. The zero-order valence-electron chi connectivity index (χ0n) is 11.5. The zero-order chi connectivity index (χ0) is 12.6. The maximum Gasteiger partial charge on any atom is 0.229 e. The zero-order valence-corrected chi connectivity index (χ0v) is 13.1. The van der Waals surface area contributed by atoms with Crippen molar-refractivity contribution < 1.29 is 4.79 Å². The number of halogens is 2. The second kappa shape index (κ2) is 6.74. The van der Waals surface area contributed by atoms with Gasteiger partial charge < -0.3 is 10.6 Å². The van der Waals surface area contributed by atoms with Gasteiger partial charge >= 0.3 is 0 Å². The van der Waals surface area contributed by atoms with Crippen molar-refractivity contribution >= 4 is 36.5 Å². The molecular weight excluding hydrogens is 297 g/mol. The molecule has 1 spiro atoms. The SMILES string of the molecule is Cc1ccnc(NC(=O)C2CC23CCNCC3)c1.Cl.Cl. The van der Waals surface area contributed by atoms with Crippen LogP contribution in [-0.4, -0.2) is 24.0 Å². The topological polar surface area (TPSA) is 54.0 Å². The number of anilines is 1. The normalized spacial score (nSPS) is 22.4. The van der Waals surface area contributed by atoms with E-state index in [2.05, 4.69) is 15.6 Å². The van der Waals surface area contributed by atoms with Crippen molar-refractivity contribution in [1.82, 2.24) is 10.3 Å². The smallest absolute Gasteiger partial charge is 0.229 e. The highest BCUT2D eigenvalue weighted by Crippen LogP contribution is 2.58. The van der Waals surface area contributed by atoms with Crippen molar-refractivity contribution in [3.05, 3.63) is 23.9 Å². The molecule has 1 amide bonds. The van der Waals surface area contributed by atoms with Crippen LogP contribution in [0.15, 0.2) is 18.3 Å². The van der Waals surface area contributed by atoms with Gasteiger partial charge in [0.05, 0.1) is 0 Å². The molecule has 2 aliphatic rings. The number of amides is 1. The molecule has 6 heteroatoms. The lowest BCUT2D eigenvalue weighted by Crippen LogP contribution is -2.31. The maximum absolute atomic E-state index is 12.2. The fourth-order valence-corrected chi connectivity index (χ4v) is 3.01. The first kappa shape index (κ1) is 17.2. The lowest BCUT2D eigenvalue weighted by atomic mass is 9.92. The van der Waals surface area contributed by atoms with Crippen molar-refractivity contribution in [2.45, 2.75) is 26.2 Å². The Morgan fingerprint density at radius 2 is 2.10 bits per heavy atom. The van der Waals surface area contributed by atoms with E-state index in [1.807, 2.05) is 19.1 Å². The molecule has 1 aromatic rings. The summed E-state index contributed by atoms with van der Waals surface area (Å²) in [5, 5.41) is 6.30. The third-order valence-electron chi connectivity index (χ3n) is 4.27. The summed E-state index contributed by atoms with van der Waals surface area (Å²) in [6, 6.07) is 3.84. The van der Waals surface area contributed by atoms with Gasteiger partial charge in [-0.25, -0.2) is 4.98 Å². The molecule has 4 nitrogen and oxygen atoms in total. The molecule has 0 radical (unpaired) electrons. The minimum atomic E-state index is 0. The number of carbonyl (C=O) groups excluding carboxylic acids is 1. The summed E-state index contributed by atoms with van der Waals surface area (Å²) in [5.41, 5.74) is 1.41. The van der Waals surface area contributed by atoms with Gasteiger partial charge in [0.25, 0.3) is 0 Å². The van der Waals surface area contributed by atoms with Crippen molar-refractivity contribution in [3.8, 4) is 0 Å². The molecule has 1 aliphatic heterocycles. The highest BCUT2D eigenvalue weighted by Gasteiger charge is 2.57. The Labute approximate surface area is 131 Å². The van der Waals surface area contributed by atoms with E-state index in [0.29, 0.717) is 11.2 Å². The van der Waals surface area contributed by atoms with Crippen LogP contribution in [0.3, 0.4) is 0 Å². The summed E-state index contributed by atoms with van der Waals surface area (Å²) < 4.78 is 0. The number of piperidine rings is 1. The number of pyridine rings is 1. The highest BCUT2D eigenvalue weighted by atomic mass is 35.5. The van der Waals surface area contributed by atoms with Gasteiger partial charge in [-0.1, -0.05) is 0 Å². The van der Waals surface area contributed by atoms with Crippen LogP contribution in [0.4, 0.5) is 5.82 Å². The number of carbonyl (C=O) groups is 1. The second-order valence-electron chi connectivity index (χ2n) is 5.58. The molecule has 2 heterocycles. The molecule has 0 aromatic carbocycles. The molecular formula is C14H21Cl2N3O. The van der Waals surface area contributed by atoms with Crippen LogP contribution in [0.2, 0.25) is 0 Å². The lowest BCUT2D eigenvalue weighted by molar-refractivity contribution is -0.118. The number of aromatic nitrogens is 1. The van der Waals surface area contributed by atoms with Gasteiger partial charge in [-0.15, -0.1) is 24.8 Å². The van der Waals surface area contributed by atoms with Gasteiger partial charge in [-0.05, 0) is 62.4 Å². The third kappa shape index (κ3) is 3.43. The predicted octanol–water partition coefficient (Wildman–Crippen LogP) is 2.56. The van der Waals surface area contributed by atoms with Crippen LogP contribution < -0.4 is 10.6 Å². The first-order valence-corrected chi connectivity index (χ1v) is 6.64. The summed E-state index contributed by atoms with van der Waals surface area (Å²) in [5.74, 6) is 1.02. The van der Waals surface area contributed by atoms with Crippen LogP contribution in [-0.2, 0) is 4.79 Å². The van der Waals surface area contributed by atoms with E-state index >= 15 is 0 Å². The van der Waals surface area contributed by atoms with Crippen LogP contribution >= 0.6 is 24.8 Å². The van der Waals surface area contributed by atoms with E-state index in [1.165, 1.54) is 0 Å².